The van der Waals surface area contributed by atoms with E-state index in [1.807, 2.05) is 13.8 Å². The number of carboxylic acid groups (broad SMARTS) is 1. The van der Waals surface area contributed by atoms with Crippen molar-refractivity contribution in [3.63, 3.8) is 0 Å². The van der Waals surface area contributed by atoms with E-state index in [2.05, 4.69) is 15.1 Å². The van der Waals surface area contributed by atoms with Crippen molar-refractivity contribution in [3.05, 3.63) is 12.0 Å². The largest absolute Gasteiger partial charge is 0.480 e. The number of fused-ring (bicyclic) bond motifs is 1. The molecular weight excluding hydrogens is 248 g/mol. The quantitative estimate of drug-likeness (QED) is 0.874. The highest BCUT2D eigenvalue weighted by Crippen LogP contribution is 2.26. The van der Waals surface area contributed by atoms with Gasteiger partial charge in [0, 0.05) is 6.54 Å². The average Bonchev–Trinajstić information content (AvgIpc) is 2.69. The maximum absolute atomic E-state index is 11.0. The minimum atomic E-state index is -0.901. The van der Waals surface area contributed by atoms with Gasteiger partial charge in [0.1, 0.15) is 24.1 Å². The first-order valence-electron chi connectivity index (χ1n) is 6.02. The molecule has 2 aromatic rings. The first-order chi connectivity index (χ1) is 8.99. The number of carboxylic acids is 1. The Labute approximate surface area is 110 Å². The molecular formula is C12H16N4O3. The highest BCUT2D eigenvalue weighted by Gasteiger charge is 2.20. The number of aliphatic carboxylic acids is 1. The van der Waals surface area contributed by atoms with Crippen LogP contribution in [0.3, 0.4) is 0 Å². The van der Waals surface area contributed by atoms with Gasteiger partial charge in [0.25, 0.3) is 5.71 Å². The van der Waals surface area contributed by atoms with Gasteiger partial charge in [-0.1, -0.05) is 19.0 Å². The summed E-state index contributed by atoms with van der Waals surface area (Å²) in [5, 5.41) is 13.5. The second-order valence-electron chi connectivity index (χ2n) is 4.81. The van der Waals surface area contributed by atoms with Crippen LogP contribution in [0, 0.1) is 12.8 Å². The lowest BCUT2D eigenvalue weighted by molar-refractivity contribution is -0.135. The average molecular weight is 264 g/mol. The van der Waals surface area contributed by atoms with E-state index in [4.69, 9.17) is 9.63 Å². The molecule has 7 heteroatoms. The van der Waals surface area contributed by atoms with Crippen LogP contribution in [0.25, 0.3) is 11.1 Å². The predicted molar refractivity (Wildman–Crippen MR) is 69.0 cm³/mol. The zero-order valence-corrected chi connectivity index (χ0v) is 11.1. The highest BCUT2D eigenvalue weighted by molar-refractivity contribution is 5.89. The standard InChI is InChI=1S/C12H16N4O3/c1-7(2)4-16(5-9(17)18)11-10-8(3)15-19-12(10)14-6-13-11/h6-7H,4-5H2,1-3H3,(H,17,18). The van der Waals surface area contributed by atoms with Gasteiger partial charge in [-0.15, -0.1) is 0 Å². The van der Waals surface area contributed by atoms with Gasteiger partial charge in [-0.05, 0) is 12.8 Å². The summed E-state index contributed by atoms with van der Waals surface area (Å²) < 4.78 is 5.07. The lowest BCUT2D eigenvalue weighted by atomic mass is 10.2. The monoisotopic (exact) mass is 264 g/mol. The summed E-state index contributed by atoms with van der Waals surface area (Å²) in [4.78, 5) is 20.9. The fourth-order valence-electron chi connectivity index (χ4n) is 1.97. The summed E-state index contributed by atoms with van der Waals surface area (Å²) in [7, 11) is 0. The Hall–Kier alpha value is -2.18. The fourth-order valence-corrected chi connectivity index (χ4v) is 1.97. The van der Waals surface area contributed by atoms with E-state index >= 15 is 0 Å². The van der Waals surface area contributed by atoms with Crippen LogP contribution in [0.1, 0.15) is 19.5 Å². The Kier molecular flexibility index (Phi) is 3.64. The first kappa shape index (κ1) is 13.3. The normalized spacial score (nSPS) is 11.2. The van der Waals surface area contributed by atoms with Gasteiger partial charge >= 0.3 is 5.97 Å². The third-order valence-corrected chi connectivity index (χ3v) is 2.63. The van der Waals surface area contributed by atoms with E-state index < -0.39 is 5.97 Å². The summed E-state index contributed by atoms with van der Waals surface area (Å²) in [5.41, 5.74) is 1.03. The third kappa shape index (κ3) is 2.81. The number of aromatic nitrogens is 3. The molecule has 0 spiro atoms. The van der Waals surface area contributed by atoms with Crippen LogP contribution < -0.4 is 4.90 Å². The molecule has 0 aliphatic heterocycles. The van der Waals surface area contributed by atoms with E-state index in [9.17, 15) is 4.79 Å². The fraction of sp³-hybridized carbons (Fsp3) is 0.500. The first-order valence-corrected chi connectivity index (χ1v) is 6.02. The molecule has 2 aromatic heterocycles. The minimum absolute atomic E-state index is 0.116. The Morgan fingerprint density at radius 2 is 2.21 bits per heavy atom. The molecule has 2 rings (SSSR count). The van der Waals surface area contributed by atoms with E-state index in [0.29, 0.717) is 35.1 Å². The summed E-state index contributed by atoms with van der Waals surface area (Å²) in [6.45, 7) is 6.30. The van der Waals surface area contributed by atoms with Gasteiger partial charge < -0.3 is 14.5 Å². The van der Waals surface area contributed by atoms with E-state index in [0.717, 1.165) is 0 Å². The van der Waals surface area contributed by atoms with Crippen molar-refractivity contribution < 1.29 is 14.4 Å². The topological polar surface area (TPSA) is 92.4 Å². The van der Waals surface area contributed by atoms with Gasteiger partial charge in [0.2, 0.25) is 0 Å². The molecule has 0 radical (unpaired) electrons. The molecule has 1 N–H and O–H groups in total. The van der Waals surface area contributed by atoms with Crippen molar-refractivity contribution in [1.82, 2.24) is 15.1 Å². The number of anilines is 1. The molecule has 0 atom stereocenters. The second-order valence-corrected chi connectivity index (χ2v) is 4.81. The SMILES string of the molecule is Cc1noc2ncnc(N(CC(=O)O)CC(C)C)c12. The molecule has 2 heterocycles. The maximum Gasteiger partial charge on any atom is 0.323 e. The van der Waals surface area contributed by atoms with Gasteiger partial charge in [-0.25, -0.2) is 4.98 Å². The number of aryl methyl sites for hydroxylation is 1. The zero-order valence-electron chi connectivity index (χ0n) is 11.1. The molecule has 19 heavy (non-hydrogen) atoms. The third-order valence-electron chi connectivity index (χ3n) is 2.63. The Bertz CT molecular complexity index is 594. The van der Waals surface area contributed by atoms with Gasteiger partial charge in [0.05, 0.1) is 5.69 Å². The van der Waals surface area contributed by atoms with E-state index in [1.165, 1.54) is 6.33 Å². The summed E-state index contributed by atoms with van der Waals surface area (Å²) in [6, 6.07) is 0. The molecule has 0 aliphatic carbocycles. The number of nitrogens with zero attached hydrogens (tertiary/aromatic N) is 4. The highest BCUT2D eigenvalue weighted by atomic mass is 16.5. The van der Waals surface area contributed by atoms with Crippen LogP contribution >= 0.6 is 0 Å². The molecule has 0 aliphatic rings. The second kappa shape index (κ2) is 5.21. The molecule has 0 saturated carbocycles. The summed E-state index contributed by atoms with van der Waals surface area (Å²) >= 11 is 0. The van der Waals surface area contributed by atoms with Crippen LogP contribution in [0.15, 0.2) is 10.9 Å². The smallest absolute Gasteiger partial charge is 0.323 e. The van der Waals surface area contributed by atoms with Gasteiger partial charge in [0.15, 0.2) is 0 Å². The molecule has 0 unspecified atom stereocenters. The van der Waals surface area contributed by atoms with Crippen molar-refractivity contribution in [3.8, 4) is 0 Å². The number of carbonyl (C=O) groups is 1. The zero-order chi connectivity index (χ0) is 14.0. The van der Waals surface area contributed by atoms with Crippen molar-refractivity contribution in [2.24, 2.45) is 5.92 Å². The van der Waals surface area contributed by atoms with Crippen LogP contribution in [0.2, 0.25) is 0 Å². The Morgan fingerprint density at radius 1 is 1.47 bits per heavy atom. The van der Waals surface area contributed by atoms with Crippen molar-refractivity contribution in [1.29, 1.82) is 0 Å². The van der Waals surface area contributed by atoms with Gasteiger partial charge in [-0.2, -0.15) is 4.98 Å². The number of hydrogen-bond donors (Lipinski definition) is 1. The Balaban J connectivity index is 2.48. The number of hydrogen-bond acceptors (Lipinski definition) is 6. The lowest BCUT2D eigenvalue weighted by Crippen LogP contribution is -2.33. The molecule has 0 saturated heterocycles. The number of rotatable bonds is 5. The van der Waals surface area contributed by atoms with Crippen LogP contribution in [0.5, 0.6) is 0 Å². The molecule has 0 bridgehead atoms. The summed E-state index contributed by atoms with van der Waals surface area (Å²) in [6.07, 6.45) is 1.36. The van der Waals surface area contributed by atoms with Crippen molar-refractivity contribution in [2.75, 3.05) is 18.0 Å². The van der Waals surface area contributed by atoms with Crippen molar-refractivity contribution in [2.45, 2.75) is 20.8 Å². The Morgan fingerprint density at radius 3 is 2.84 bits per heavy atom. The predicted octanol–water partition coefficient (Wildman–Crippen LogP) is 1.47. The van der Waals surface area contributed by atoms with Gasteiger partial charge in [-0.3, -0.25) is 4.79 Å². The molecule has 0 fully saturated rings. The summed E-state index contributed by atoms with van der Waals surface area (Å²) in [5.74, 6) is -0.0362. The van der Waals surface area contributed by atoms with Crippen LogP contribution in [-0.4, -0.2) is 39.3 Å². The molecule has 102 valence electrons. The van der Waals surface area contributed by atoms with E-state index in [-0.39, 0.29) is 6.54 Å². The minimum Gasteiger partial charge on any atom is -0.480 e. The van der Waals surface area contributed by atoms with Crippen molar-refractivity contribution >= 4 is 22.9 Å². The molecule has 0 amide bonds. The van der Waals surface area contributed by atoms with Crippen LogP contribution in [-0.2, 0) is 4.79 Å². The lowest BCUT2D eigenvalue weighted by Gasteiger charge is -2.23. The van der Waals surface area contributed by atoms with E-state index in [1.54, 1.807) is 11.8 Å². The van der Waals surface area contributed by atoms with Crippen LogP contribution in [0.4, 0.5) is 5.82 Å². The molecule has 7 nitrogen and oxygen atoms in total. The maximum atomic E-state index is 11.0. The molecule has 0 aromatic carbocycles.